The lowest BCUT2D eigenvalue weighted by atomic mass is 9.86. The normalized spacial score (nSPS) is 22.9. The van der Waals surface area contributed by atoms with Crippen molar-refractivity contribution in [2.75, 3.05) is 13.1 Å². The molecule has 14 heavy (non-hydrogen) atoms. The predicted molar refractivity (Wildman–Crippen MR) is 59.1 cm³/mol. The van der Waals surface area contributed by atoms with Crippen LogP contribution in [0.4, 0.5) is 0 Å². The zero-order valence-electron chi connectivity index (χ0n) is 9.97. The number of nitrogens with zero attached hydrogens (tertiary/aromatic N) is 1. The quantitative estimate of drug-likeness (QED) is 0.666. The van der Waals surface area contributed by atoms with Crippen molar-refractivity contribution in [2.45, 2.75) is 47.0 Å². The summed E-state index contributed by atoms with van der Waals surface area (Å²) in [6.45, 7) is 10.5. The van der Waals surface area contributed by atoms with E-state index in [2.05, 4.69) is 20.8 Å². The maximum Gasteiger partial charge on any atom is 0.219 e. The first kappa shape index (κ1) is 11.5. The SMILES string of the molecule is CC(=O)N1CCC(CCC(C)(C)C)C1. The zero-order valence-corrected chi connectivity index (χ0v) is 9.97. The number of likely N-dealkylation sites (tertiary alicyclic amines) is 1. The first-order valence-corrected chi connectivity index (χ1v) is 5.64. The van der Waals surface area contributed by atoms with E-state index in [4.69, 9.17) is 0 Å². The zero-order chi connectivity index (χ0) is 10.8. The van der Waals surface area contributed by atoms with Gasteiger partial charge in [0, 0.05) is 20.0 Å². The largest absolute Gasteiger partial charge is 0.343 e. The molecule has 1 amide bonds. The molecule has 1 saturated heterocycles. The van der Waals surface area contributed by atoms with E-state index in [1.165, 1.54) is 19.3 Å². The van der Waals surface area contributed by atoms with Gasteiger partial charge >= 0.3 is 0 Å². The van der Waals surface area contributed by atoms with Crippen LogP contribution in [-0.4, -0.2) is 23.9 Å². The fourth-order valence-corrected chi connectivity index (χ4v) is 1.99. The lowest BCUT2D eigenvalue weighted by molar-refractivity contribution is -0.127. The van der Waals surface area contributed by atoms with Crippen molar-refractivity contribution in [2.24, 2.45) is 11.3 Å². The highest BCUT2D eigenvalue weighted by atomic mass is 16.2. The molecule has 1 fully saturated rings. The third-order valence-electron chi connectivity index (χ3n) is 3.03. The average molecular weight is 197 g/mol. The van der Waals surface area contributed by atoms with Crippen molar-refractivity contribution in [3.63, 3.8) is 0 Å². The number of hydrogen-bond donors (Lipinski definition) is 0. The summed E-state index contributed by atoms with van der Waals surface area (Å²) >= 11 is 0. The number of amides is 1. The van der Waals surface area contributed by atoms with Crippen LogP contribution in [0.3, 0.4) is 0 Å². The molecule has 0 aromatic heterocycles. The molecule has 1 atom stereocenters. The molecule has 0 radical (unpaired) electrons. The van der Waals surface area contributed by atoms with E-state index in [1.807, 2.05) is 4.90 Å². The van der Waals surface area contributed by atoms with Crippen LogP contribution in [0, 0.1) is 11.3 Å². The Morgan fingerprint density at radius 1 is 1.43 bits per heavy atom. The molecular formula is C12H23NO. The molecule has 1 heterocycles. The van der Waals surface area contributed by atoms with E-state index in [1.54, 1.807) is 6.92 Å². The molecule has 0 spiro atoms. The van der Waals surface area contributed by atoms with Crippen molar-refractivity contribution < 1.29 is 4.79 Å². The second kappa shape index (κ2) is 4.33. The van der Waals surface area contributed by atoms with Crippen molar-refractivity contribution in [3.8, 4) is 0 Å². The first-order chi connectivity index (χ1) is 6.38. The summed E-state index contributed by atoms with van der Waals surface area (Å²) in [5.74, 6) is 0.987. The molecule has 1 aliphatic rings. The van der Waals surface area contributed by atoms with Crippen molar-refractivity contribution in [3.05, 3.63) is 0 Å². The molecule has 0 bridgehead atoms. The van der Waals surface area contributed by atoms with Gasteiger partial charge < -0.3 is 4.90 Å². The van der Waals surface area contributed by atoms with Crippen LogP contribution in [0.1, 0.15) is 47.0 Å². The van der Waals surface area contributed by atoms with Gasteiger partial charge in [0.05, 0.1) is 0 Å². The highest BCUT2D eigenvalue weighted by molar-refractivity contribution is 5.73. The fourth-order valence-electron chi connectivity index (χ4n) is 1.99. The van der Waals surface area contributed by atoms with Gasteiger partial charge in [0.15, 0.2) is 0 Å². The summed E-state index contributed by atoms with van der Waals surface area (Å²) in [5.41, 5.74) is 0.434. The molecule has 1 aliphatic heterocycles. The molecule has 0 aromatic carbocycles. The van der Waals surface area contributed by atoms with Gasteiger partial charge in [-0.15, -0.1) is 0 Å². The smallest absolute Gasteiger partial charge is 0.219 e. The molecule has 0 saturated carbocycles. The van der Waals surface area contributed by atoms with E-state index in [-0.39, 0.29) is 5.91 Å². The van der Waals surface area contributed by atoms with Gasteiger partial charge in [-0.1, -0.05) is 20.8 Å². The number of rotatable bonds is 2. The highest BCUT2D eigenvalue weighted by Crippen LogP contribution is 2.28. The van der Waals surface area contributed by atoms with Gasteiger partial charge in [-0.3, -0.25) is 4.79 Å². The predicted octanol–water partition coefficient (Wildman–Crippen LogP) is 2.68. The summed E-state index contributed by atoms with van der Waals surface area (Å²) in [6, 6.07) is 0. The third-order valence-corrected chi connectivity index (χ3v) is 3.03. The second-order valence-electron chi connectivity index (χ2n) is 5.72. The molecule has 0 aromatic rings. The van der Waals surface area contributed by atoms with Crippen molar-refractivity contribution >= 4 is 5.91 Å². The van der Waals surface area contributed by atoms with E-state index in [0.29, 0.717) is 5.41 Å². The van der Waals surface area contributed by atoms with Gasteiger partial charge in [-0.05, 0) is 30.6 Å². The Morgan fingerprint density at radius 3 is 2.50 bits per heavy atom. The first-order valence-electron chi connectivity index (χ1n) is 5.64. The molecule has 1 unspecified atom stereocenters. The van der Waals surface area contributed by atoms with Crippen LogP contribution in [0.5, 0.6) is 0 Å². The summed E-state index contributed by atoms with van der Waals surface area (Å²) in [6.07, 6.45) is 3.74. The molecule has 2 heteroatoms. The van der Waals surface area contributed by atoms with Crippen LogP contribution in [0.25, 0.3) is 0 Å². The summed E-state index contributed by atoms with van der Waals surface area (Å²) in [4.78, 5) is 13.1. The average Bonchev–Trinajstić information content (AvgIpc) is 2.47. The van der Waals surface area contributed by atoms with Crippen LogP contribution in [0.15, 0.2) is 0 Å². The van der Waals surface area contributed by atoms with Gasteiger partial charge in [-0.25, -0.2) is 0 Å². The molecule has 0 aliphatic carbocycles. The lowest BCUT2D eigenvalue weighted by Crippen LogP contribution is -2.25. The maximum absolute atomic E-state index is 11.1. The summed E-state index contributed by atoms with van der Waals surface area (Å²) in [5, 5.41) is 0. The third kappa shape index (κ3) is 3.69. The second-order valence-corrected chi connectivity index (χ2v) is 5.72. The lowest BCUT2D eigenvalue weighted by Gasteiger charge is -2.20. The van der Waals surface area contributed by atoms with E-state index >= 15 is 0 Å². The van der Waals surface area contributed by atoms with E-state index < -0.39 is 0 Å². The molecule has 0 N–H and O–H groups in total. The van der Waals surface area contributed by atoms with Crippen LogP contribution in [-0.2, 0) is 4.79 Å². The van der Waals surface area contributed by atoms with Crippen molar-refractivity contribution in [1.82, 2.24) is 4.90 Å². The topological polar surface area (TPSA) is 20.3 Å². The Bertz CT molecular complexity index is 205. The van der Waals surface area contributed by atoms with E-state index in [0.717, 1.165) is 19.0 Å². The van der Waals surface area contributed by atoms with Crippen LogP contribution in [0.2, 0.25) is 0 Å². The van der Waals surface area contributed by atoms with Gasteiger partial charge in [0.1, 0.15) is 0 Å². The Hall–Kier alpha value is -0.530. The Morgan fingerprint density at radius 2 is 2.07 bits per heavy atom. The Kier molecular flexibility index (Phi) is 3.57. The van der Waals surface area contributed by atoms with Crippen molar-refractivity contribution in [1.29, 1.82) is 0 Å². The fraction of sp³-hybridized carbons (Fsp3) is 0.917. The standard InChI is InChI=1S/C12H23NO/c1-10(14)13-8-6-11(9-13)5-7-12(2,3)4/h11H,5-9H2,1-4H3. The number of hydrogen-bond acceptors (Lipinski definition) is 1. The van der Waals surface area contributed by atoms with E-state index in [9.17, 15) is 4.79 Å². The minimum Gasteiger partial charge on any atom is -0.343 e. The molecule has 2 nitrogen and oxygen atoms in total. The minimum absolute atomic E-state index is 0.239. The molecular weight excluding hydrogens is 174 g/mol. The molecule has 1 rings (SSSR count). The number of carbonyl (C=O) groups excluding carboxylic acids is 1. The van der Waals surface area contributed by atoms with Gasteiger partial charge in [0.2, 0.25) is 5.91 Å². The van der Waals surface area contributed by atoms with Crippen LogP contribution < -0.4 is 0 Å². The van der Waals surface area contributed by atoms with Gasteiger partial charge in [-0.2, -0.15) is 0 Å². The summed E-state index contributed by atoms with van der Waals surface area (Å²) in [7, 11) is 0. The highest BCUT2D eigenvalue weighted by Gasteiger charge is 2.25. The Balaban J connectivity index is 2.26. The Labute approximate surface area is 87.7 Å². The van der Waals surface area contributed by atoms with Crippen LogP contribution >= 0.6 is 0 Å². The maximum atomic E-state index is 11.1. The monoisotopic (exact) mass is 197 g/mol. The minimum atomic E-state index is 0.239. The number of carbonyl (C=O) groups is 1. The summed E-state index contributed by atoms with van der Waals surface area (Å²) < 4.78 is 0. The van der Waals surface area contributed by atoms with Gasteiger partial charge in [0.25, 0.3) is 0 Å². The molecule has 82 valence electrons.